The number of likely N-dealkylation sites (tertiary alicyclic amines) is 1. The first-order valence-electron chi connectivity index (χ1n) is 9.08. The van der Waals surface area contributed by atoms with Crippen molar-refractivity contribution in [2.45, 2.75) is 33.2 Å². The van der Waals surface area contributed by atoms with E-state index in [9.17, 15) is 4.79 Å². The Balaban J connectivity index is 0.00000102. The maximum absolute atomic E-state index is 12.8. The van der Waals surface area contributed by atoms with E-state index in [1.165, 1.54) is 11.3 Å². The minimum atomic E-state index is -0.0141. The Bertz CT molecular complexity index is 923. The van der Waals surface area contributed by atoms with Gasteiger partial charge in [-0.1, -0.05) is 25.4 Å². The van der Waals surface area contributed by atoms with Crippen LogP contribution >= 0.6 is 22.9 Å². The minimum absolute atomic E-state index is 0.0141. The molecule has 4 rings (SSSR count). The van der Waals surface area contributed by atoms with E-state index in [0.29, 0.717) is 23.2 Å². The molecule has 1 N–H and O–H groups in total. The van der Waals surface area contributed by atoms with Gasteiger partial charge in [-0.3, -0.25) is 9.78 Å². The normalized spacial score (nSPS) is 13.4. The van der Waals surface area contributed by atoms with Crippen LogP contribution in [0.5, 0.6) is 0 Å². The number of anilines is 1. The maximum atomic E-state index is 12.8. The van der Waals surface area contributed by atoms with Gasteiger partial charge in [0, 0.05) is 32.0 Å². The molecule has 0 aliphatic carbocycles. The Morgan fingerprint density at radius 2 is 2.04 bits per heavy atom. The van der Waals surface area contributed by atoms with Crippen LogP contribution in [0.1, 0.15) is 42.7 Å². The fourth-order valence-corrected chi connectivity index (χ4v) is 3.90. The molecule has 0 spiro atoms. The number of nitrogens with one attached hydrogen (secondary N) is 1. The molecule has 1 amide bonds. The largest absolute Gasteiger partial charge is 0.350 e. The molecule has 1 aliphatic rings. The molecular weight excluding hydrogens is 382 g/mol. The fourth-order valence-electron chi connectivity index (χ4n) is 2.89. The number of thiophene rings is 1. The summed E-state index contributed by atoms with van der Waals surface area (Å²) in [6, 6.07) is 3.75. The summed E-state index contributed by atoms with van der Waals surface area (Å²) in [6.45, 7) is 6.08. The molecule has 1 aliphatic heterocycles. The molecule has 4 heterocycles. The number of carbonyl (C=O) groups is 1. The van der Waals surface area contributed by atoms with Crippen molar-refractivity contribution in [1.29, 1.82) is 0 Å². The van der Waals surface area contributed by atoms with E-state index in [2.05, 4.69) is 20.3 Å². The maximum Gasteiger partial charge on any atom is 0.274 e. The number of amides is 1. The molecule has 0 atom stereocenters. The molecule has 0 aromatic carbocycles. The zero-order valence-corrected chi connectivity index (χ0v) is 17.0. The van der Waals surface area contributed by atoms with Crippen LogP contribution in [-0.4, -0.2) is 38.8 Å². The van der Waals surface area contributed by atoms with Crippen LogP contribution in [0, 0.1) is 0 Å². The fraction of sp³-hybridized carbons (Fsp3) is 0.368. The van der Waals surface area contributed by atoms with Gasteiger partial charge in [0.05, 0.1) is 15.2 Å². The van der Waals surface area contributed by atoms with Crippen LogP contribution in [0.15, 0.2) is 29.9 Å². The molecule has 3 aromatic rings. The van der Waals surface area contributed by atoms with Gasteiger partial charge in [0.15, 0.2) is 5.69 Å². The highest BCUT2D eigenvalue weighted by Crippen LogP contribution is 2.26. The van der Waals surface area contributed by atoms with Crippen molar-refractivity contribution in [1.82, 2.24) is 19.9 Å². The molecule has 0 radical (unpaired) electrons. The van der Waals surface area contributed by atoms with Crippen molar-refractivity contribution >= 4 is 45.0 Å². The lowest BCUT2D eigenvalue weighted by Gasteiger charge is -2.15. The van der Waals surface area contributed by atoms with Crippen LogP contribution in [0.25, 0.3) is 10.2 Å². The summed E-state index contributed by atoms with van der Waals surface area (Å²) >= 11 is 7.46. The lowest BCUT2D eigenvalue weighted by molar-refractivity contribution is 0.0789. The van der Waals surface area contributed by atoms with E-state index >= 15 is 0 Å². The molecule has 1 saturated heterocycles. The minimum Gasteiger partial charge on any atom is -0.350 e. The molecule has 0 unspecified atom stereocenters. The third-order valence-electron chi connectivity index (χ3n) is 4.11. The number of fused-ring (bicyclic) bond motifs is 1. The zero-order chi connectivity index (χ0) is 19.2. The predicted molar refractivity (Wildman–Crippen MR) is 110 cm³/mol. The summed E-state index contributed by atoms with van der Waals surface area (Å²) in [7, 11) is 0. The average Bonchev–Trinajstić information content (AvgIpc) is 3.38. The van der Waals surface area contributed by atoms with Crippen molar-refractivity contribution in [2.24, 2.45) is 0 Å². The van der Waals surface area contributed by atoms with E-state index < -0.39 is 0 Å². The molecule has 27 heavy (non-hydrogen) atoms. The Labute approximate surface area is 167 Å². The number of nitrogens with zero attached hydrogens (tertiary/aromatic N) is 4. The van der Waals surface area contributed by atoms with E-state index in [4.69, 9.17) is 11.6 Å². The highest BCUT2D eigenvalue weighted by molar-refractivity contribution is 7.17. The lowest BCUT2D eigenvalue weighted by atomic mass is 10.3. The first-order valence-corrected chi connectivity index (χ1v) is 10.3. The summed E-state index contributed by atoms with van der Waals surface area (Å²) in [5.74, 6) is 0.424. The first-order chi connectivity index (χ1) is 13.2. The smallest absolute Gasteiger partial charge is 0.274 e. The van der Waals surface area contributed by atoms with Crippen LogP contribution in [0.4, 0.5) is 5.95 Å². The third-order valence-corrected chi connectivity index (χ3v) is 5.23. The summed E-state index contributed by atoms with van der Waals surface area (Å²) in [4.78, 5) is 27.8. The second kappa shape index (κ2) is 9.10. The quantitative estimate of drug-likeness (QED) is 0.688. The number of pyridine rings is 1. The Morgan fingerprint density at radius 3 is 2.78 bits per heavy atom. The third kappa shape index (κ3) is 4.54. The molecule has 1 fully saturated rings. The standard InChI is InChI=1S/C17H16ClN5OS.C2H6/c18-12-7-11(8-19-10-12)9-20-17-21-13-3-6-25-15(13)14(22-17)16(24)23-4-1-2-5-23;1-2/h3,6-8,10H,1-2,4-5,9H2,(H,20,21,22);1-2H3. The number of rotatable bonds is 4. The van der Waals surface area contributed by atoms with Crippen LogP contribution < -0.4 is 5.32 Å². The molecule has 6 nitrogen and oxygen atoms in total. The van der Waals surface area contributed by atoms with Gasteiger partial charge in [0.25, 0.3) is 5.91 Å². The van der Waals surface area contributed by atoms with Gasteiger partial charge >= 0.3 is 0 Å². The molecule has 8 heteroatoms. The molecule has 142 valence electrons. The number of halogens is 1. The average molecular weight is 404 g/mol. The molecule has 0 bridgehead atoms. The van der Waals surface area contributed by atoms with Gasteiger partial charge in [-0.25, -0.2) is 9.97 Å². The van der Waals surface area contributed by atoms with Crippen LogP contribution in [0.2, 0.25) is 5.02 Å². The molecule has 3 aromatic heterocycles. The van der Waals surface area contributed by atoms with Crippen molar-refractivity contribution in [2.75, 3.05) is 18.4 Å². The van der Waals surface area contributed by atoms with Gasteiger partial charge < -0.3 is 10.2 Å². The van der Waals surface area contributed by atoms with Crippen molar-refractivity contribution in [3.63, 3.8) is 0 Å². The summed E-state index contributed by atoms with van der Waals surface area (Å²) in [5, 5.41) is 5.69. The second-order valence-electron chi connectivity index (χ2n) is 5.90. The lowest BCUT2D eigenvalue weighted by Crippen LogP contribution is -2.28. The zero-order valence-electron chi connectivity index (χ0n) is 15.4. The van der Waals surface area contributed by atoms with Crippen LogP contribution in [0.3, 0.4) is 0 Å². The van der Waals surface area contributed by atoms with E-state index in [1.807, 2.05) is 36.3 Å². The number of hydrogen-bond donors (Lipinski definition) is 1. The Hall–Kier alpha value is -2.25. The predicted octanol–water partition coefficient (Wildman–Crippen LogP) is 4.61. The first kappa shape index (κ1) is 19.5. The topological polar surface area (TPSA) is 71.0 Å². The summed E-state index contributed by atoms with van der Waals surface area (Å²) < 4.78 is 0.840. The number of hydrogen-bond acceptors (Lipinski definition) is 6. The number of carbonyl (C=O) groups excluding carboxylic acids is 1. The van der Waals surface area contributed by atoms with Crippen molar-refractivity contribution in [3.8, 4) is 0 Å². The summed E-state index contributed by atoms with van der Waals surface area (Å²) in [6.07, 6.45) is 5.43. The van der Waals surface area contributed by atoms with E-state index in [0.717, 1.165) is 41.7 Å². The monoisotopic (exact) mass is 403 g/mol. The number of aromatic nitrogens is 3. The van der Waals surface area contributed by atoms with E-state index in [-0.39, 0.29) is 5.91 Å². The molecular formula is C19H22ClN5OS. The van der Waals surface area contributed by atoms with Crippen molar-refractivity contribution in [3.05, 3.63) is 46.2 Å². The molecule has 0 saturated carbocycles. The summed E-state index contributed by atoms with van der Waals surface area (Å²) in [5.41, 5.74) is 2.19. The van der Waals surface area contributed by atoms with Gasteiger partial charge in [-0.15, -0.1) is 11.3 Å². The highest BCUT2D eigenvalue weighted by atomic mass is 35.5. The van der Waals surface area contributed by atoms with E-state index in [1.54, 1.807) is 12.4 Å². The second-order valence-corrected chi connectivity index (χ2v) is 7.25. The van der Waals surface area contributed by atoms with Gasteiger partial charge in [0.1, 0.15) is 0 Å². The van der Waals surface area contributed by atoms with Gasteiger partial charge in [-0.2, -0.15) is 0 Å². The Kier molecular flexibility index (Phi) is 6.58. The van der Waals surface area contributed by atoms with Gasteiger partial charge in [-0.05, 0) is 35.9 Å². The van der Waals surface area contributed by atoms with Crippen molar-refractivity contribution < 1.29 is 4.79 Å². The SMILES string of the molecule is CC.O=C(c1nc(NCc2cncc(Cl)c2)nc2ccsc12)N1CCCC1. The Morgan fingerprint density at radius 1 is 1.26 bits per heavy atom. The van der Waals surface area contributed by atoms with Crippen LogP contribution in [-0.2, 0) is 6.54 Å². The van der Waals surface area contributed by atoms with Gasteiger partial charge in [0.2, 0.25) is 5.95 Å². The highest BCUT2D eigenvalue weighted by Gasteiger charge is 2.24.